The van der Waals surface area contributed by atoms with Crippen LogP contribution in [0.5, 0.6) is 0 Å². The van der Waals surface area contributed by atoms with Crippen molar-refractivity contribution in [2.75, 3.05) is 6.61 Å². The summed E-state index contributed by atoms with van der Waals surface area (Å²) in [4.78, 5) is 16.2. The number of hydrogen-bond donors (Lipinski definition) is 0. The summed E-state index contributed by atoms with van der Waals surface area (Å²) in [5, 5.41) is 0.567. The summed E-state index contributed by atoms with van der Waals surface area (Å²) in [5.74, 6) is 0.0563. The summed E-state index contributed by atoms with van der Waals surface area (Å²) >= 11 is 8.40. The number of esters is 1. The lowest BCUT2D eigenvalue weighted by Gasteiger charge is -2.00. The molecule has 112 valence electrons. The molecule has 22 heavy (non-hydrogen) atoms. The Morgan fingerprint density at radius 3 is 2.91 bits per heavy atom. The van der Waals surface area contributed by atoms with Crippen LogP contribution >= 0.6 is 34.2 Å². The van der Waals surface area contributed by atoms with E-state index in [1.807, 2.05) is 12.1 Å². The quantitative estimate of drug-likeness (QED) is 0.439. The van der Waals surface area contributed by atoms with Gasteiger partial charge in [-0.1, -0.05) is 11.6 Å². The van der Waals surface area contributed by atoms with E-state index in [-0.39, 0.29) is 5.97 Å². The number of ether oxygens (including phenoxy) is 1. The van der Waals surface area contributed by atoms with Gasteiger partial charge >= 0.3 is 5.97 Å². The van der Waals surface area contributed by atoms with Gasteiger partial charge in [0, 0.05) is 3.57 Å². The van der Waals surface area contributed by atoms with Crippen molar-refractivity contribution in [3.05, 3.63) is 50.6 Å². The van der Waals surface area contributed by atoms with Gasteiger partial charge in [-0.2, -0.15) is 0 Å². The maximum atomic E-state index is 11.8. The Morgan fingerprint density at radius 2 is 2.14 bits per heavy atom. The molecular weight excluding hydrogens is 417 g/mol. The molecule has 0 aliphatic rings. The van der Waals surface area contributed by atoms with Crippen molar-refractivity contribution in [3.63, 3.8) is 0 Å². The first kappa shape index (κ1) is 15.3. The van der Waals surface area contributed by atoms with Gasteiger partial charge in [-0.3, -0.25) is 0 Å². The first-order valence-corrected chi connectivity index (χ1v) is 8.07. The van der Waals surface area contributed by atoms with Crippen LogP contribution in [-0.2, 0) is 4.74 Å². The van der Waals surface area contributed by atoms with Gasteiger partial charge in [0.1, 0.15) is 5.52 Å². The average Bonchev–Trinajstić information content (AvgIpc) is 2.92. The molecule has 0 saturated heterocycles. The van der Waals surface area contributed by atoms with Crippen LogP contribution < -0.4 is 0 Å². The largest absolute Gasteiger partial charge is 0.462 e. The second-order valence-electron chi connectivity index (χ2n) is 4.55. The molecule has 6 heteroatoms. The maximum Gasteiger partial charge on any atom is 0.338 e. The summed E-state index contributed by atoms with van der Waals surface area (Å²) in [6.07, 6.45) is 0. The van der Waals surface area contributed by atoms with Gasteiger partial charge < -0.3 is 9.15 Å². The minimum Gasteiger partial charge on any atom is -0.462 e. The molecular formula is C16H11ClINO3. The van der Waals surface area contributed by atoms with E-state index in [0.29, 0.717) is 34.2 Å². The molecule has 3 rings (SSSR count). The molecule has 0 unspecified atom stereocenters. The Balaban J connectivity index is 2.06. The lowest BCUT2D eigenvalue weighted by Crippen LogP contribution is -2.03. The Bertz CT molecular complexity index is 860. The van der Waals surface area contributed by atoms with Crippen LogP contribution in [-0.4, -0.2) is 17.6 Å². The number of fused-ring (bicyclic) bond motifs is 1. The highest BCUT2D eigenvalue weighted by molar-refractivity contribution is 14.1. The van der Waals surface area contributed by atoms with Crippen LogP contribution in [0.1, 0.15) is 17.3 Å². The summed E-state index contributed by atoms with van der Waals surface area (Å²) < 4.78 is 11.8. The number of benzene rings is 2. The fourth-order valence-corrected chi connectivity index (χ4v) is 2.74. The van der Waals surface area contributed by atoms with Gasteiger partial charge in [-0.15, -0.1) is 0 Å². The monoisotopic (exact) mass is 427 g/mol. The van der Waals surface area contributed by atoms with Gasteiger partial charge in [0.25, 0.3) is 0 Å². The zero-order chi connectivity index (χ0) is 15.7. The maximum absolute atomic E-state index is 11.8. The van der Waals surface area contributed by atoms with E-state index in [9.17, 15) is 4.79 Å². The van der Waals surface area contributed by atoms with E-state index in [4.69, 9.17) is 20.8 Å². The zero-order valence-electron chi connectivity index (χ0n) is 11.6. The van der Waals surface area contributed by atoms with Crippen molar-refractivity contribution >= 4 is 51.3 Å². The summed E-state index contributed by atoms with van der Waals surface area (Å²) in [5.41, 5.74) is 2.36. The number of oxazole rings is 1. The predicted octanol–water partition coefficient (Wildman–Crippen LogP) is 4.93. The van der Waals surface area contributed by atoms with Crippen LogP contribution in [0.15, 0.2) is 40.8 Å². The number of hydrogen-bond acceptors (Lipinski definition) is 4. The molecule has 0 radical (unpaired) electrons. The van der Waals surface area contributed by atoms with Gasteiger partial charge in [-0.25, -0.2) is 9.78 Å². The summed E-state index contributed by atoms with van der Waals surface area (Å²) in [6, 6.07) is 10.6. The molecule has 0 aliphatic carbocycles. The molecule has 0 saturated carbocycles. The molecule has 1 aromatic heterocycles. The third-order valence-corrected chi connectivity index (χ3v) is 4.06. The van der Waals surface area contributed by atoms with Crippen molar-refractivity contribution in [3.8, 4) is 11.5 Å². The third kappa shape index (κ3) is 2.96. The Hall–Kier alpha value is -1.60. The number of carbonyl (C=O) groups is 1. The van der Waals surface area contributed by atoms with E-state index in [1.54, 1.807) is 31.2 Å². The van der Waals surface area contributed by atoms with Crippen LogP contribution in [0.3, 0.4) is 0 Å². The molecule has 0 bridgehead atoms. The van der Waals surface area contributed by atoms with Gasteiger partial charge in [0.05, 0.1) is 22.8 Å². The Kier molecular flexibility index (Phi) is 4.35. The van der Waals surface area contributed by atoms with Crippen LogP contribution in [0.4, 0.5) is 0 Å². The molecule has 1 heterocycles. The minimum absolute atomic E-state index is 0.332. The highest BCUT2D eigenvalue weighted by Crippen LogP contribution is 2.31. The zero-order valence-corrected chi connectivity index (χ0v) is 14.5. The van der Waals surface area contributed by atoms with Gasteiger partial charge in [0.15, 0.2) is 5.58 Å². The van der Waals surface area contributed by atoms with E-state index in [0.717, 1.165) is 9.13 Å². The fourth-order valence-electron chi connectivity index (χ4n) is 2.05. The predicted molar refractivity (Wildman–Crippen MR) is 93.1 cm³/mol. The second-order valence-corrected chi connectivity index (χ2v) is 6.20. The number of aromatic nitrogens is 1. The van der Waals surface area contributed by atoms with Gasteiger partial charge in [-0.05, 0) is 65.9 Å². The number of halogens is 2. The van der Waals surface area contributed by atoms with Crippen LogP contribution in [0.25, 0.3) is 22.6 Å². The summed E-state index contributed by atoms with van der Waals surface area (Å²) in [6.45, 7) is 2.10. The first-order valence-electron chi connectivity index (χ1n) is 6.61. The van der Waals surface area contributed by atoms with E-state index < -0.39 is 0 Å². The van der Waals surface area contributed by atoms with Crippen molar-refractivity contribution in [1.29, 1.82) is 0 Å². The topological polar surface area (TPSA) is 52.3 Å². The SMILES string of the molecule is CCOC(=O)c1ccc2oc(-c3cc(I)ccc3Cl)nc2c1. The van der Waals surface area contributed by atoms with Crippen molar-refractivity contribution in [2.24, 2.45) is 0 Å². The fraction of sp³-hybridized carbons (Fsp3) is 0.125. The second kappa shape index (κ2) is 6.26. The molecule has 0 N–H and O–H groups in total. The highest BCUT2D eigenvalue weighted by atomic mass is 127. The van der Waals surface area contributed by atoms with Gasteiger partial charge in [0.2, 0.25) is 5.89 Å². The third-order valence-electron chi connectivity index (χ3n) is 3.06. The Labute approximate surface area is 145 Å². The van der Waals surface area contributed by atoms with Crippen molar-refractivity contribution < 1.29 is 13.9 Å². The molecule has 4 nitrogen and oxygen atoms in total. The Morgan fingerprint density at radius 1 is 1.32 bits per heavy atom. The molecule has 0 amide bonds. The number of rotatable bonds is 3. The highest BCUT2D eigenvalue weighted by Gasteiger charge is 2.14. The van der Waals surface area contributed by atoms with Crippen molar-refractivity contribution in [2.45, 2.75) is 6.92 Å². The van der Waals surface area contributed by atoms with E-state index in [1.165, 1.54) is 0 Å². The molecule has 2 aromatic carbocycles. The van der Waals surface area contributed by atoms with Crippen molar-refractivity contribution in [1.82, 2.24) is 4.98 Å². The molecule has 0 atom stereocenters. The molecule has 0 fully saturated rings. The average molecular weight is 428 g/mol. The first-order chi connectivity index (χ1) is 10.6. The number of nitrogens with zero attached hydrogens (tertiary/aromatic N) is 1. The molecule has 0 aliphatic heterocycles. The smallest absolute Gasteiger partial charge is 0.338 e. The van der Waals surface area contributed by atoms with Crippen LogP contribution in [0, 0.1) is 3.57 Å². The van der Waals surface area contributed by atoms with E-state index in [2.05, 4.69) is 27.6 Å². The normalized spacial score (nSPS) is 10.9. The van der Waals surface area contributed by atoms with E-state index >= 15 is 0 Å². The van der Waals surface area contributed by atoms with Crippen LogP contribution in [0.2, 0.25) is 5.02 Å². The number of carbonyl (C=O) groups excluding carboxylic acids is 1. The lowest BCUT2D eigenvalue weighted by atomic mass is 10.2. The molecule has 0 spiro atoms. The minimum atomic E-state index is -0.374. The lowest BCUT2D eigenvalue weighted by molar-refractivity contribution is 0.0526. The standard InChI is InChI=1S/C16H11ClINO3/c1-2-21-16(20)9-3-6-14-13(7-9)19-15(22-14)11-8-10(18)4-5-12(11)17/h3-8H,2H2,1H3. The summed E-state index contributed by atoms with van der Waals surface area (Å²) in [7, 11) is 0. The molecule has 3 aromatic rings.